The van der Waals surface area contributed by atoms with Crippen molar-refractivity contribution in [2.75, 3.05) is 6.61 Å². The fraction of sp³-hybridized carbons (Fsp3) is 0.278. The Kier molecular flexibility index (Phi) is 4.71. The molecule has 5 nitrogen and oxygen atoms in total. The topological polar surface area (TPSA) is 76.0 Å². The highest BCUT2D eigenvalue weighted by molar-refractivity contribution is 5.89. The molecule has 2 aromatic carbocycles. The van der Waals surface area contributed by atoms with Gasteiger partial charge in [0, 0.05) is 0 Å². The maximum absolute atomic E-state index is 11.9. The molecule has 2 N–H and O–H groups in total. The molecule has 3 rings (SSSR count). The number of carbonyl (C=O) groups excluding carboxylic acids is 1. The Bertz CT molecular complexity index is 643. The van der Waals surface area contributed by atoms with Crippen LogP contribution in [-0.4, -0.2) is 41.1 Å². The average molecular weight is 314 g/mol. The number of benzene rings is 2. The van der Waals surface area contributed by atoms with Gasteiger partial charge in [0.05, 0.1) is 5.56 Å². The van der Waals surface area contributed by atoms with Crippen molar-refractivity contribution in [3.05, 3.63) is 71.8 Å². The summed E-state index contributed by atoms with van der Waals surface area (Å²) in [6.45, 7) is -0.116. The van der Waals surface area contributed by atoms with Gasteiger partial charge in [-0.25, -0.2) is 4.79 Å². The van der Waals surface area contributed by atoms with Crippen LogP contribution in [-0.2, 0) is 9.47 Å². The molecule has 120 valence electrons. The van der Waals surface area contributed by atoms with Gasteiger partial charge in [-0.15, -0.1) is 0 Å². The van der Waals surface area contributed by atoms with Crippen molar-refractivity contribution in [3.8, 4) is 0 Å². The molecule has 1 saturated heterocycles. The van der Waals surface area contributed by atoms with Gasteiger partial charge < -0.3 is 19.7 Å². The molecule has 4 atom stereocenters. The summed E-state index contributed by atoms with van der Waals surface area (Å²) >= 11 is 0. The Morgan fingerprint density at radius 3 is 2.22 bits per heavy atom. The second kappa shape index (κ2) is 6.91. The van der Waals surface area contributed by atoms with Gasteiger partial charge in [0.1, 0.15) is 31.0 Å². The molecule has 0 unspecified atom stereocenters. The fourth-order valence-corrected chi connectivity index (χ4v) is 2.62. The SMILES string of the molecule is O=C(OC[C@H]1O[C@H](c2ccccc2)[C@@H](O)[C@@H]1O)c1ccccc1. The van der Waals surface area contributed by atoms with Gasteiger partial charge >= 0.3 is 5.97 Å². The smallest absolute Gasteiger partial charge is 0.338 e. The second-order valence-electron chi connectivity index (χ2n) is 5.45. The van der Waals surface area contributed by atoms with Crippen molar-refractivity contribution in [2.45, 2.75) is 24.4 Å². The zero-order valence-corrected chi connectivity index (χ0v) is 12.4. The summed E-state index contributed by atoms with van der Waals surface area (Å²) in [4.78, 5) is 11.9. The minimum atomic E-state index is -1.11. The molecule has 23 heavy (non-hydrogen) atoms. The Labute approximate surface area is 134 Å². The molecule has 5 heteroatoms. The van der Waals surface area contributed by atoms with Crippen LogP contribution in [0.4, 0.5) is 0 Å². The summed E-state index contributed by atoms with van der Waals surface area (Å²) in [6, 6.07) is 17.8. The van der Waals surface area contributed by atoms with E-state index in [9.17, 15) is 15.0 Å². The highest BCUT2D eigenvalue weighted by Gasteiger charge is 2.43. The largest absolute Gasteiger partial charge is 0.459 e. The van der Waals surface area contributed by atoms with Gasteiger partial charge in [0.2, 0.25) is 0 Å². The van der Waals surface area contributed by atoms with Crippen LogP contribution in [0.5, 0.6) is 0 Å². The fourth-order valence-electron chi connectivity index (χ4n) is 2.62. The lowest BCUT2D eigenvalue weighted by Crippen LogP contribution is -2.34. The quantitative estimate of drug-likeness (QED) is 0.840. The first kappa shape index (κ1) is 15.7. The molecule has 0 saturated carbocycles. The van der Waals surface area contributed by atoms with E-state index in [0.717, 1.165) is 5.56 Å². The number of rotatable bonds is 4. The highest BCUT2D eigenvalue weighted by atomic mass is 16.6. The molecular weight excluding hydrogens is 296 g/mol. The zero-order chi connectivity index (χ0) is 16.2. The first-order chi connectivity index (χ1) is 11.2. The van der Waals surface area contributed by atoms with Crippen LogP contribution in [0.25, 0.3) is 0 Å². The number of hydrogen-bond acceptors (Lipinski definition) is 5. The van der Waals surface area contributed by atoms with Crippen molar-refractivity contribution in [2.24, 2.45) is 0 Å². The van der Waals surface area contributed by atoms with Gasteiger partial charge in [-0.3, -0.25) is 0 Å². The molecule has 2 aromatic rings. The first-order valence-electron chi connectivity index (χ1n) is 7.45. The molecule has 0 radical (unpaired) electrons. The number of aliphatic hydroxyl groups excluding tert-OH is 2. The van der Waals surface area contributed by atoms with Gasteiger partial charge in [-0.1, -0.05) is 48.5 Å². The van der Waals surface area contributed by atoms with E-state index in [1.54, 1.807) is 30.3 Å². The van der Waals surface area contributed by atoms with Crippen molar-refractivity contribution >= 4 is 5.97 Å². The first-order valence-corrected chi connectivity index (χ1v) is 7.45. The summed E-state index contributed by atoms with van der Waals surface area (Å²) in [7, 11) is 0. The van der Waals surface area contributed by atoms with E-state index in [4.69, 9.17) is 9.47 Å². The Hall–Kier alpha value is -2.21. The molecule has 0 bridgehead atoms. The van der Waals surface area contributed by atoms with E-state index in [1.807, 2.05) is 30.3 Å². The third-order valence-corrected chi connectivity index (χ3v) is 3.88. The molecule has 0 spiro atoms. The van der Waals surface area contributed by atoms with Crippen LogP contribution >= 0.6 is 0 Å². The van der Waals surface area contributed by atoms with E-state index in [0.29, 0.717) is 5.56 Å². The third kappa shape index (κ3) is 3.42. The maximum Gasteiger partial charge on any atom is 0.338 e. The van der Waals surface area contributed by atoms with Gasteiger partial charge in [0.25, 0.3) is 0 Å². The predicted molar refractivity (Wildman–Crippen MR) is 82.8 cm³/mol. The summed E-state index contributed by atoms with van der Waals surface area (Å²) in [5.41, 5.74) is 1.20. The molecule has 1 aliphatic rings. The second-order valence-corrected chi connectivity index (χ2v) is 5.45. The van der Waals surface area contributed by atoms with Crippen molar-refractivity contribution < 1.29 is 24.5 Å². The predicted octanol–water partition coefficient (Wildman–Crippen LogP) is 1.71. The molecule has 0 aliphatic carbocycles. The number of hydrogen-bond donors (Lipinski definition) is 2. The van der Waals surface area contributed by atoms with E-state index < -0.39 is 30.4 Å². The van der Waals surface area contributed by atoms with Crippen LogP contribution in [0.1, 0.15) is 22.0 Å². The maximum atomic E-state index is 11.9. The molecule has 1 heterocycles. The summed E-state index contributed by atoms with van der Waals surface area (Å²) in [5, 5.41) is 20.3. The van der Waals surface area contributed by atoms with Crippen molar-refractivity contribution in [1.29, 1.82) is 0 Å². The summed E-state index contributed by atoms with van der Waals surface area (Å²) < 4.78 is 10.9. The minimum absolute atomic E-state index is 0.116. The Balaban J connectivity index is 1.62. The highest BCUT2D eigenvalue weighted by Crippen LogP contribution is 2.33. The normalized spacial score (nSPS) is 26.9. The van der Waals surface area contributed by atoms with Crippen LogP contribution in [0.2, 0.25) is 0 Å². The minimum Gasteiger partial charge on any atom is -0.459 e. The average Bonchev–Trinajstić information content (AvgIpc) is 2.89. The molecular formula is C18H18O5. The summed E-state index contributed by atoms with van der Waals surface area (Å²) in [5.74, 6) is -0.487. The van der Waals surface area contributed by atoms with Crippen LogP contribution in [0.3, 0.4) is 0 Å². The number of aliphatic hydroxyl groups is 2. The van der Waals surface area contributed by atoms with Gasteiger partial charge in [-0.05, 0) is 17.7 Å². The van der Waals surface area contributed by atoms with Crippen LogP contribution in [0, 0.1) is 0 Å². The van der Waals surface area contributed by atoms with E-state index in [-0.39, 0.29) is 6.61 Å². The monoisotopic (exact) mass is 314 g/mol. The lowest BCUT2D eigenvalue weighted by Gasteiger charge is -2.14. The van der Waals surface area contributed by atoms with E-state index in [1.165, 1.54) is 0 Å². The van der Waals surface area contributed by atoms with Gasteiger partial charge in [-0.2, -0.15) is 0 Å². The third-order valence-electron chi connectivity index (χ3n) is 3.88. The van der Waals surface area contributed by atoms with Crippen molar-refractivity contribution in [3.63, 3.8) is 0 Å². The van der Waals surface area contributed by atoms with Crippen LogP contribution < -0.4 is 0 Å². The van der Waals surface area contributed by atoms with Crippen molar-refractivity contribution in [1.82, 2.24) is 0 Å². The molecule has 1 fully saturated rings. The van der Waals surface area contributed by atoms with E-state index in [2.05, 4.69) is 0 Å². The molecule has 0 amide bonds. The van der Waals surface area contributed by atoms with E-state index >= 15 is 0 Å². The number of carbonyl (C=O) groups is 1. The Morgan fingerprint density at radius 1 is 0.957 bits per heavy atom. The molecule has 1 aliphatic heterocycles. The standard InChI is InChI=1S/C18H18O5/c19-15-14(11-22-18(21)13-9-5-2-6-10-13)23-17(16(15)20)12-7-3-1-4-8-12/h1-10,14-17,19-20H,11H2/t14-,15-,16+,17-/m1/s1. The van der Waals surface area contributed by atoms with Gasteiger partial charge in [0.15, 0.2) is 0 Å². The number of ether oxygens (including phenoxy) is 2. The lowest BCUT2D eigenvalue weighted by atomic mass is 10.0. The molecule has 0 aromatic heterocycles. The summed E-state index contributed by atoms with van der Waals surface area (Å²) in [6.07, 6.45) is -3.56. The Morgan fingerprint density at radius 2 is 1.57 bits per heavy atom. The lowest BCUT2D eigenvalue weighted by molar-refractivity contribution is -0.0341. The number of esters is 1. The van der Waals surface area contributed by atoms with Crippen LogP contribution in [0.15, 0.2) is 60.7 Å². The zero-order valence-electron chi connectivity index (χ0n) is 12.4.